The number of halogens is 1. The summed E-state index contributed by atoms with van der Waals surface area (Å²) in [6, 6.07) is 22.8. The van der Waals surface area contributed by atoms with E-state index in [1.807, 2.05) is 72.4 Å². The topological polar surface area (TPSA) is 51.9 Å². The number of carbonyl (C=O) groups is 1. The summed E-state index contributed by atoms with van der Waals surface area (Å²) in [5, 5.41) is 8.24. The molecule has 0 aliphatic carbocycles. The summed E-state index contributed by atoms with van der Waals surface area (Å²) < 4.78 is 3.60. The molecule has 5 nitrogen and oxygen atoms in total. The van der Waals surface area contributed by atoms with Gasteiger partial charge in [-0.3, -0.25) is 4.79 Å². The maximum Gasteiger partial charge on any atom is 0.270 e. The van der Waals surface area contributed by atoms with Gasteiger partial charge in [-0.15, -0.1) is 0 Å². The average molecular weight is 391 g/mol. The number of hydrogen-bond acceptors (Lipinski definition) is 2. The molecule has 0 fully saturated rings. The lowest BCUT2D eigenvalue weighted by molar-refractivity contribution is 0.0943. The fourth-order valence-corrected chi connectivity index (χ4v) is 3.25. The number of rotatable bonds is 5. The molecule has 28 heavy (non-hydrogen) atoms. The number of aryl methyl sites for hydroxylation is 1. The smallest absolute Gasteiger partial charge is 0.270 e. The van der Waals surface area contributed by atoms with Crippen LogP contribution in [-0.4, -0.2) is 20.3 Å². The second-order valence-electron chi connectivity index (χ2n) is 6.48. The first-order valence-corrected chi connectivity index (χ1v) is 9.29. The van der Waals surface area contributed by atoms with Crippen LogP contribution in [0.2, 0.25) is 5.02 Å². The molecule has 140 valence electrons. The first kappa shape index (κ1) is 18.1. The fourth-order valence-electron chi connectivity index (χ4n) is 3.07. The summed E-state index contributed by atoms with van der Waals surface area (Å²) in [5.41, 5.74) is 3.87. The SMILES string of the molecule is Cn1cccc1-c1cc(C(=O)NCc2ccccc2)n(-c2cccc(Cl)c2)n1. The summed E-state index contributed by atoms with van der Waals surface area (Å²) in [6.45, 7) is 0.444. The van der Waals surface area contributed by atoms with Crippen LogP contribution >= 0.6 is 11.6 Å². The molecule has 6 heteroatoms. The van der Waals surface area contributed by atoms with E-state index in [0.717, 1.165) is 22.6 Å². The monoisotopic (exact) mass is 390 g/mol. The van der Waals surface area contributed by atoms with Crippen molar-refractivity contribution in [3.05, 3.63) is 95.3 Å². The lowest BCUT2D eigenvalue weighted by Gasteiger charge is -2.09. The molecular formula is C22H19ClN4O. The molecule has 1 N–H and O–H groups in total. The van der Waals surface area contributed by atoms with E-state index in [2.05, 4.69) is 10.4 Å². The number of aromatic nitrogens is 3. The number of nitrogens with one attached hydrogen (secondary N) is 1. The van der Waals surface area contributed by atoms with E-state index in [1.54, 1.807) is 22.9 Å². The first-order chi connectivity index (χ1) is 13.6. The molecule has 0 aliphatic rings. The normalized spacial score (nSPS) is 10.8. The van der Waals surface area contributed by atoms with Crippen LogP contribution in [0.25, 0.3) is 17.1 Å². The molecule has 1 amide bonds. The van der Waals surface area contributed by atoms with Crippen molar-refractivity contribution in [1.82, 2.24) is 19.7 Å². The van der Waals surface area contributed by atoms with Gasteiger partial charge in [0.2, 0.25) is 0 Å². The minimum absolute atomic E-state index is 0.197. The van der Waals surface area contributed by atoms with Gasteiger partial charge in [-0.25, -0.2) is 4.68 Å². The molecule has 0 saturated heterocycles. The van der Waals surface area contributed by atoms with Crippen molar-refractivity contribution in [2.75, 3.05) is 0 Å². The maximum absolute atomic E-state index is 13.0. The summed E-state index contributed by atoms with van der Waals surface area (Å²) in [4.78, 5) is 13.0. The maximum atomic E-state index is 13.0. The molecule has 0 unspecified atom stereocenters. The van der Waals surface area contributed by atoms with Crippen molar-refractivity contribution in [2.45, 2.75) is 6.54 Å². The number of amides is 1. The van der Waals surface area contributed by atoms with Gasteiger partial charge in [0.05, 0.1) is 11.4 Å². The highest BCUT2D eigenvalue weighted by Crippen LogP contribution is 2.23. The van der Waals surface area contributed by atoms with E-state index >= 15 is 0 Å². The van der Waals surface area contributed by atoms with E-state index in [4.69, 9.17) is 11.6 Å². The Morgan fingerprint density at radius 1 is 1.04 bits per heavy atom. The predicted octanol–water partition coefficient (Wildman–Crippen LogP) is 4.46. The molecule has 2 heterocycles. The van der Waals surface area contributed by atoms with Gasteiger partial charge in [0, 0.05) is 24.8 Å². The van der Waals surface area contributed by atoms with E-state index in [-0.39, 0.29) is 5.91 Å². The van der Waals surface area contributed by atoms with Crippen LogP contribution in [0.15, 0.2) is 79.0 Å². The van der Waals surface area contributed by atoms with Crippen LogP contribution in [0.3, 0.4) is 0 Å². The van der Waals surface area contributed by atoms with Crippen LogP contribution < -0.4 is 5.32 Å². The Labute approximate surface area is 168 Å². The van der Waals surface area contributed by atoms with Gasteiger partial charge in [-0.1, -0.05) is 48.0 Å². The second-order valence-corrected chi connectivity index (χ2v) is 6.92. The van der Waals surface area contributed by atoms with Crippen molar-refractivity contribution in [2.24, 2.45) is 7.05 Å². The lowest BCUT2D eigenvalue weighted by Crippen LogP contribution is -2.25. The Kier molecular flexibility index (Phi) is 5.00. The fraction of sp³-hybridized carbons (Fsp3) is 0.0909. The molecule has 0 atom stereocenters. The molecule has 0 aliphatic heterocycles. The zero-order chi connectivity index (χ0) is 19.5. The van der Waals surface area contributed by atoms with Crippen LogP contribution in [0.4, 0.5) is 0 Å². The van der Waals surface area contributed by atoms with Crippen LogP contribution in [0.5, 0.6) is 0 Å². The molecular weight excluding hydrogens is 372 g/mol. The number of carbonyl (C=O) groups excluding carboxylic acids is 1. The molecule has 0 radical (unpaired) electrons. The van der Waals surface area contributed by atoms with Gasteiger partial charge >= 0.3 is 0 Å². The van der Waals surface area contributed by atoms with Crippen molar-refractivity contribution < 1.29 is 4.79 Å². The third-order valence-corrected chi connectivity index (χ3v) is 4.73. The van der Waals surface area contributed by atoms with E-state index in [0.29, 0.717) is 17.3 Å². The first-order valence-electron chi connectivity index (χ1n) is 8.91. The molecule has 0 bridgehead atoms. The summed E-state index contributed by atoms with van der Waals surface area (Å²) in [6.07, 6.45) is 1.95. The van der Waals surface area contributed by atoms with E-state index < -0.39 is 0 Å². The largest absolute Gasteiger partial charge is 0.349 e. The van der Waals surface area contributed by atoms with Crippen LogP contribution in [-0.2, 0) is 13.6 Å². The molecule has 0 spiro atoms. The summed E-state index contributed by atoms with van der Waals surface area (Å²) in [7, 11) is 1.95. The summed E-state index contributed by atoms with van der Waals surface area (Å²) >= 11 is 6.15. The minimum Gasteiger partial charge on any atom is -0.349 e. The Bertz CT molecular complexity index is 1110. The Morgan fingerprint density at radius 2 is 1.86 bits per heavy atom. The van der Waals surface area contributed by atoms with Crippen LogP contribution in [0.1, 0.15) is 16.1 Å². The second kappa shape index (κ2) is 7.74. The van der Waals surface area contributed by atoms with Crippen molar-refractivity contribution in [1.29, 1.82) is 0 Å². The molecule has 2 aromatic heterocycles. The minimum atomic E-state index is -0.197. The Morgan fingerprint density at radius 3 is 2.57 bits per heavy atom. The van der Waals surface area contributed by atoms with Crippen LogP contribution in [0, 0.1) is 0 Å². The van der Waals surface area contributed by atoms with E-state index in [1.165, 1.54) is 0 Å². The number of benzene rings is 2. The van der Waals surface area contributed by atoms with Gasteiger partial charge < -0.3 is 9.88 Å². The zero-order valence-corrected chi connectivity index (χ0v) is 16.1. The van der Waals surface area contributed by atoms with Gasteiger partial charge in [0.1, 0.15) is 11.4 Å². The van der Waals surface area contributed by atoms with Gasteiger partial charge in [-0.05, 0) is 42.0 Å². The third-order valence-electron chi connectivity index (χ3n) is 4.50. The number of nitrogens with zero attached hydrogens (tertiary/aromatic N) is 3. The quantitative estimate of drug-likeness (QED) is 0.547. The number of hydrogen-bond donors (Lipinski definition) is 1. The standard InChI is InChI=1S/C22H19ClN4O/c1-26-12-6-11-20(26)19-14-21(22(28)24-15-16-7-3-2-4-8-16)27(25-19)18-10-5-9-17(23)13-18/h2-14H,15H2,1H3,(H,24,28). The zero-order valence-electron chi connectivity index (χ0n) is 15.3. The highest BCUT2D eigenvalue weighted by Gasteiger charge is 2.18. The summed E-state index contributed by atoms with van der Waals surface area (Å²) in [5.74, 6) is -0.197. The predicted molar refractivity (Wildman–Crippen MR) is 111 cm³/mol. The molecule has 2 aromatic carbocycles. The van der Waals surface area contributed by atoms with Gasteiger partial charge in [0.15, 0.2) is 0 Å². The third kappa shape index (κ3) is 3.70. The van der Waals surface area contributed by atoms with E-state index in [9.17, 15) is 4.79 Å². The Balaban J connectivity index is 1.71. The Hall–Kier alpha value is -3.31. The van der Waals surface area contributed by atoms with Crippen molar-refractivity contribution in [3.63, 3.8) is 0 Å². The highest BCUT2D eigenvalue weighted by molar-refractivity contribution is 6.30. The van der Waals surface area contributed by atoms with Crippen molar-refractivity contribution in [3.8, 4) is 17.1 Å². The van der Waals surface area contributed by atoms with Crippen molar-refractivity contribution >= 4 is 17.5 Å². The lowest BCUT2D eigenvalue weighted by atomic mass is 10.2. The molecule has 4 rings (SSSR count). The molecule has 4 aromatic rings. The van der Waals surface area contributed by atoms with Gasteiger partial charge in [-0.2, -0.15) is 5.10 Å². The molecule has 0 saturated carbocycles. The highest BCUT2D eigenvalue weighted by atomic mass is 35.5. The average Bonchev–Trinajstić information content (AvgIpc) is 3.33. The van der Waals surface area contributed by atoms with Gasteiger partial charge in [0.25, 0.3) is 5.91 Å².